The van der Waals surface area contributed by atoms with E-state index in [0.29, 0.717) is 11.7 Å². The van der Waals surface area contributed by atoms with Gasteiger partial charge in [0.2, 0.25) is 5.78 Å². The molecule has 0 aliphatic heterocycles. The van der Waals surface area contributed by atoms with Crippen molar-refractivity contribution in [1.82, 2.24) is 0 Å². The number of ketones is 1. The summed E-state index contributed by atoms with van der Waals surface area (Å²) in [4.78, 5) is 13.6. The fourth-order valence-corrected chi connectivity index (χ4v) is 8.25. The van der Waals surface area contributed by atoms with E-state index in [2.05, 4.69) is 52.3 Å². The molecule has 4 rings (SSSR count). The Bertz CT molecular complexity index is 1050. The number of hydrogen-bond acceptors (Lipinski definition) is 2. The van der Waals surface area contributed by atoms with Crippen molar-refractivity contribution in [3.8, 4) is 5.75 Å². The summed E-state index contributed by atoms with van der Waals surface area (Å²) < 4.78 is 0.770. The molecule has 4 heteroatoms. The average molecular weight is 476 g/mol. The maximum Gasteiger partial charge on any atom is 0.204 e. The van der Waals surface area contributed by atoms with E-state index in [1.165, 1.54) is 0 Å². The largest absolute Gasteiger partial charge is 0.507 e. The first-order valence-electron chi connectivity index (χ1n) is 9.68. The third-order valence-electron chi connectivity index (χ3n) is 5.23. The summed E-state index contributed by atoms with van der Waals surface area (Å²) in [7, 11) is -2.29. The standard InChI is InChI=1S/C26H20BrO2P/c27-20-16-17-25(28)24(18-20)26(29)19-30(21-10-4-1-5-11-21,22-12-6-2-7-13-22)23-14-8-3-9-15-23/h1-18H,19H2/p+1. The first-order valence-corrected chi connectivity index (χ1v) is 12.4. The number of phenols is 1. The van der Waals surface area contributed by atoms with Crippen LogP contribution in [0, 0.1) is 0 Å². The molecule has 0 unspecified atom stereocenters. The van der Waals surface area contributed by atoms with Crippen LogP contribution in [0.15, 0.2) is 114 Å². The van der Waals surface area contributed by atoms with Crippen molar-refractivity contribution in [2.24, 2.45) is 0 Å². The highest BCUT2D eigenvalue weighted by molar-refractivity contribution is 9.10. The lowest BCUT2D eigenvalue weighted by molar-refractivity contribution is 0.101. The molecule has 2 nitrogen and oxygen atoms in total. The van der Waals surface area contributed by atoms with Gasteiger partial charge in [0.1, 0.15) is 35.1 Å². The lowest BCUT2D eigenvalue weighted by Crippen LogP contribution is -2.35. The van der Waals surface area contributed by atoms with Crippen LogP contribution in [-0.2, 0) is 0 Å². The van der Waals surface area contributed by atoms with Gasteiger partial charge in [-0.1, -0.05) is 70.5 Å². The third kappa shape index (κ3) is 3.96. The first-order chi connectivity index (χ1) is 14.6. The zero-order valence-corrected chi connectivity index (χ0v) is 18.8. The Morgan fingerprint density at radius 3 is 1.57 bits per heavy atom. The van der Waals surface area contributed by atoms with E-state index < -0.39 is 7.26 Å². The Hall–Kier alpha value is -2.74. The molecule has 4 aromatic rings. The molecular weight excluding hydrogens is 455 g/mol. The molecule has 0 atom stereocenters. The van der Waals surface area contributed by atoms with Crippen molar-refractivity contribution in [2.75, 3.05) is 6.16 Å². The Balaban J connectivity index is 1.95. The van der Waals surface area contributed by atoms with Gasteiger partial charge in [0.15, 0.2) is 0 Å². The fraction of sp³-hybridized carbons (Fsp3) is 0.0385. The van der Waals surface area contributed by atoms with E-state index in [1.54, 1.807) is 18.2 Å². The minimum atomic E-state index is -2.29. The third-order valence-corrected chi connectivity index (χ3v) is 10.0. The van der Waals surface area contributed by atoms with Crippen molar-refractivity contribution in [2.45, 2.75) is 0 Å². The van der Waals surface area contributed by atoms with Gasteiger partial charge in [-0.2, -0.15) is 0 Å². The number of phenolic OH excluding ortho intramolecular Hbond substituents is 1. The number of benzene rings is 4. The summed E-state index contributed by atoms with van der Waals surface area (Å²) in [6.45, 7) is 0. The van der Waals surface area contributed by atoms with Crippen LogP contribution in [0.5, 0.6) is 5.75 Å². The second-order valence-corrected chi connectivity index (χ2v) is 11.5. The second kappa shape index (κ2) is 8.95. The summed E-state index contributed by atoms with van der Waals surface area (Å²) in [5, 5.41) is 13.8. The van der Waals surface area contributed by atoms with E-state index >= 15 is 0 Å². The van der Waals surface area contributed by atoms with Gasteiger partial charge in [-0.25, -0.2) is 0 Å². The van der Waals surface area contributed by atoms with Gasteiger partial charge < -0.3 is 5.11 Å². The van der Waals surface area contributed by atoms with Gasteiger partial charge in [-0.05, 0) is 54.6 Å². The van der Waals surface area contributed by atoms with Crippen molar-refractivity contribution in [3.05, 3.63) is 119 Å². The minimum absolute atomic E-state index is 0.00971. The molecular formula is C26H21BrO2P+. The van der Waals surface area contributed by atoms with Crippen LogP contribution in [0.2, 0.25) is 0 Å². The van der Waals surface area contributed by atoms with Crippen LogP contribution in [0.25, 0.3) is 0 Å². The molecule has 0 fully saturated rings. The molecule has 0 saturated heterocycles. The van der Waals surface area contributed by atoms with Crippen LogP contribution in [0.3, 0.4) is 0 Å². The Morgan fingerprint density at radius 2 is 1.13 bits per heavy atom. The molecule has 1 N–H and O–H groups in total. The molecule has 0 aliphatic rings. The van der Waals surface area contributed by atoms with Crippen LogP contribution in [-0.4, -0.2) is 17.1 Å². The maximum absolute atomic E-state index is 13.6. The number of aromatic hydroxyl groups is 1. The molecule has 0 radical (unpaired) electrons. The second-order valence-electron chi connectivity index (χ2n) is 7.06. The fourth-order valence-electron chi connectivity index (χ4n) is 3.80. The monoisotopic (exact) mass is 475 g/mol. The summed E-state index contributed by atoms with van der Waals surface area (Å²) in [5.41, 5.74) is 0.344. The number of hydrogen-bond donors (Lipinski definition) is 1. The zero-order valence-electron chi connectivity index (χ0n) is 16.3. The average Bonchev–Trinajstić information content (AvgIpc) is 2.80. The van der Waals surface area contributed by atoms with Crippen molar-refractivity contribution in [3.63, 3.8) is 0 Å². The molecule has 148 valence electrons. The molecule has 0 saturated carbocycles. The molecule has 0 amide bonds. The highest BCUT2D eigenvalue weighted by Crippen LogP contribution is 2.55. The van der Waals surface area contributed by atoms with E-state index in [9.17, 15) is 9.90 Å². The van der Waals surface area contributed by atoms with Crippen molar-refractivity contribution >= 4 is 44.9 Å². The van der Waals surface area contributed by atoms with Gasteiger partial charge in [0, 0.05) is 4.47 Å². The Morgan fingerprint density at radius 1 is 0.700 bits per heavy atom. The van der Waals surface area contributed by atoms with Crippen LogP contribution in [0.1, 0.15) is 10.4 Å². The molecule has 0 heterocycles. The van der Waals surface area contributed by atoms with E-state index in [4.69, 9.17) is 0 Å². The normalized spacial score (nSPS) is 11.2. The maximum atomic E-state index is 13.6. The van der Waals surface area contributed by atoms with Gasteiger partial charge in [-0.15, -0.1) is 0 Å². The number of halogens is 1. The highest BCUT2D eigenvalue weighted by atomic mass is 79.9. The number of carbonyl (C=O) groups excluding carboxylic acids is 1. The summed E-state index contributed by atoms with van der Waals surface area (Å²) in [6.07, 6.45) is 0.301. The lowest BCUT2D eigenvalue weighted by atomic mass is 10.1. The first kappa shape index (κ1) is 20.5. The van der Waals surface area contributed by atoms with Crippen LogP contribution >= 0.6 is 23.2 Å². The quantitative estimate of drug-likeness (QED) is 0.302. The Kier molecular flexibility index (Phi) is 6.13. The Labute approximate surface area is 185 Å². The summed E-state index contributed by atoms with van der Waals surface area (Å²) in [6, 6.07) is 35.8. The van der Waals surface area contributed by atoms with Gasteiger partial charge in [0.25, 0.3) is 0 Å². The van der Waals surface area contributed by atoms with Crippen LogP contribution < -0.4 is 15.9 Å². The topological polar surface area (TPSA) is 37.3 Å². The molecule has 0 aliphatic carbocycles. The highest BCUT2D eigenvalue weighted by Gasteiger charge is 2.47. The summed E-state index contributed by atoms with van der Waals surface area (Å²) >= 11 is 3.42. The number of rotatable bonds is 6. The van der Waals surface area contributed by atoms with Gasteiger partial charge >= 0.3 is 0 Å². The van der Waals surface area contributed by atoms with Crippen molar-refractivity contribution < 1.29 is 9.90 Å². The van der Waals surface area contributed by atoms with E-state index in [-0.39, 0.29) is 11.5 Å². The summed E-state index contributed by atoms with van der Waals surface area (Å²) in [5.74, 6) is -0.0609. The number of Topliss-reactive ketones (excluding diaryl/α,β-unsaturated/α-hetero) is 1. The molecule has 30 heavy (non-hydrogen) atoms. The predicted molar refractivity (Wildman–Crippen MR) is 130 cm³/mol. The molecule has 0 aromatic heterocycles. The predicted octanol–water partition coefficient (Wildman–Crippen LogP) is 5.33. The smallest absolute Gasteiger partial charge is 0.204 e. The van der Waals surface area contributed by atoms with Gasteiger partial charge in [0.05, 0.1) is 5.56 Å². The lowest BCUT2D eigenvalue weighted by Gasteiger charge is -2.27. The van der Waals surface area contributed by atoms with Crippen LogP contribution in [0.4, 0.5) is 0 Å². The van der Waals surface area contributed by atoms with E-state index in [0.717, 1.165) is 20.4 Å². The number of carbonyl (C=O) groups is 1. The molecule has 0 spiro atoms. The molecule has 4 aromatic carbocycles. The van der Waals surface area contributed by atoms with Crippen molar-refractivity contribution in [1.29, 1.82) is 0 Å². The minimum Gasteiger partial charge on any atom is -0.507 e. The van der Waals surface area contributed by atoms with Gasteiger partial charge in [-0.3, -0.25) is 4.79 Å². The SMILES string of the molecule is O=C(C[P+](c1ccccc1)(c1ccccc1)c1ccccc1)c1cc(Br)ccc1O. The molecule has 0 bridgehead atoms. The zero-order chi connectivity index (χ0) is 21.0. The van der Waals surface area contributed by atoms with E-state index in [1.807, 2.05) is 54.6 Å².